The molecule has 2 aliphatic heterocycles. The minimum atomic E-state index is -0.0842. The maximum Gasteiger partial charge on any atom is 0.264 e. The van der Waals surface area contributed by atoms with Crippen LogP contribution in [0.5, 0.6) is 0 Å². The minimum Gasteiger partial charge on any atom is -0.364 e. The van der Waals surface area contributed by atoms with Gasteiger partial charge in [0, 0.05) is 17.3 Å². The van der Waals surface area contributed by atoms with E-state index in [1.165, 1.54) is 34.1 Å². The third kappa shape index (κ3) is 4.74. The van der Waals surface area contributed by atoms with Gasteiger partial charge in [-0.25, -0.2) is 4.99 Å². The first-order valence-corrected chi connectivity index (χ1v) is 12.7. The highest BCUT2D eigenvalue weighted by Gasteiger charge is 2.38. The first kappa shape index (κ1) is 23.6. The monoisotopic (exact) mass is 461 g/mol. The van der Waals surface area contributed by atoms with Gasteiger partial charge in [0.25, 0.3) is 5.91 Å². The molecule has 1 saturated heterocycles. The van der Waals surface area contributed by atoms with Crippen molar-refractivity contribution in [2.75, 3.05) is 4.90 Å². The highest BCUT2D eigenvalue weighted by molar-refractivity contribution is 8.18. The molecule has 1 N–H and O–H groups in total. The maximum absolute atomic E-state index is 12.7. The van der Waals surface area contributed by atoms with Crippen molar-refractivity contribution in [3.63, 3.8) is 0 Å². The van der Waals surface area contributed by atoms with Crippen LogP contribution in [0.25, 0.3) is 6.08 Å². The van der Waals surface area contributed by atoms with Crippen LogP contribution in [0.4, 0.5) is 11.4 Å². The van der Waals surface area contributed by atoms with Crippen LogP contribution in [0.15, 0.2) is 46.3 Å². The number of amides is 1. The fourth-order valence-electron chi connectivity index (χ4n) is 5.29. The highest BCUT2D eigenvalue weighted by Crippen LogP contribution is 2.45. The molecule has 5 heteroatoms. The molecule has 1 atom stereocenters. The maximum atomic E-state index is 12.7. The molecular weight excluding hydrogens is 426 g/mol. The third-order valence-electron chi connectivity index (χ3n) is 6.69. The van der Waals surface area contributed by atoms with Crippen molar-refractivity contribution in [3.05, 3.63) is 63.6 Å². The van der Waals surface area contributed by atoms with Gasteiger partial charge >= 0.3 is 0 Å². The van der Waals surface area contributed by atoms with Gasteiger partial charge < -0.3 is 10.2 Å². The Bertz CT molecular complexity index is 1130. The summed E-state index contributed by atoms with van der Waals surface area (Å²) in [5, 5.41) is 3.55. The lowest BCUT2D eigenvalue weighted by Crippen LogP contribution is -2.51. The van der Waals surface area contributed by atoms with Crippen LogP contribution in [0, 0.1) is 6.92 Å². The van der Waals surface area contributed by atoms with Crippen molar-refractivity contribution in [1.29, 1.82) is 0 Å². The predicted molar refractivity (Wildman–Crippen MR) is 143 cm³/mol. The molecule has 1 amide bonds. The molecule has 0 bridgehead atoms. The number of carbonyl (C=O) groups excluding carboxylic acids is 1. The Balaban J connectivity index is 1.65. The quantitative estimate of drug-likeness (QED) is 0.501. The van der Waals surface area contributed by atoms with E-state index in [1.54, 1.807) is 0 Å². The molecule has 2 heterocycles. The van der Waals surface area contributed by atoms with Gasteiger partial charge in [-0.1, -0.05) is 26.0 Å². The van der Waals surface area contributed by atoms with E-state index in [-0.39, 0.29) is 11.4 Å². The molecule has 1 unspecified atom stereocenters. The molecule has 174 valence electrons. The zero-order chi connectivity index (χ0) is 23.9. The molecule has 0 saturated carbocycles. The van der Waals surface area contributed by atoms with Crippen LogP contribution in [0.1, 0.15) is 76.1 Å². The lowest BCUT2D eigenvalue weighted by Gasteiger charge is -2.50. The smallest absolute Gasteiger partial charge is 0.264 e. The Morgan fingerprint density at radius 1 is 1.24 bits per heavy atom. The highest BCUT2D eigenvalue weighted by atomic mass is 32.2. The second-order valence-electron chi connectivity index (χ2n) is 10.2. The Hall–Kier alpha value is -2.53. The van der Waals surface area contributed by atoms with E-state index in [2.05, 4.69) is 87.9 Å². The fraction of sp³-hybridized carbons (Fsp3) is 0.429. The van der Waals surface area contributed by atoms with Gasteiger partial charge in [-0.05, 0) is 118 Å². The summed E-state index contributed by atoms with van der Waals surface area (Å²) < 4.78 is 0. The number of benzene rings is 2. The molecule has 2 aromatic carbocycles. The Morgan fingerprint density at radius 3 is 2.58 bits per heavy atom. The van der Waals surface area contributed by atoms with Gasteiger partial charge in [-0.15, -0.1) is 0 Å². The van der Waals surface area contributed by atoms with Crippen LogP contribution < -0.4 is 10.2 Å². The third-order valence-corrected chi connectivity index (χ3v) is 7.60. The van der Waals surface area contributed by atoms with Crippen molar-refractivity contribution >= 4 is 40.3 Å². The summed E-state index contributed by atoms with van der Waals surface area (Å²) in [7, 11) is 0. The van der Waals surface area contributed by atoms with E-state index in [0.29, 0.717) is 22.0 Å². The van der Waals surface area contributed by atoms with Crippen LogP contribution >= 0.6 is 11.8 Å². The number of hydrogen-bond donors (Lipinski definition) is 1. The molecule has 4 rings (SSSR count). The number of aryl methyl sites for hydroxylation is 2. The molecule has 0 radical (unpaired) electrons. The number of nitrogens with zero attached hydrogens (tertiary/aromatic N) is 2. The van der Waals surface area contributed by atoms with Gasteiger partial charge in [0.15, 0.2) is 5.17 Å². The number of rotatable bonds is 4. The van der Waals surface area contributed by atoms with Gasteiger partial charge in [-0.2, -0.15) is 0 Å². The second-order valence-corrected chi connectivity index (χ2v) is 11.2. The second kappa shape index (κ2) is 9.02. The first-order chi connectivity index (χ1) is 15.6. The van der Waals surface area contributed by atoms with Crippen LogP contribution in [0.2, 0.25) is 0 Å². The van der Waals surface area contributed by atoms with Crippen molar-refractivity contribution in [1.82, 2.24) is 5.32 Å². The number of fused-ring (bicyclic) bond motifs is 1. The van der Waals surface area contributed by atoms with Gasteiger partial charge in [-0.3, -0.25) is 4.79 Å². The number of nitrogens with one attached hydrogen (secondary N) is 1. The summed E-state index contributed by atoms with van der Waals surface area (Å²) in [6.07, 6.45) is 4.13. The molecular formula is C28H35N3OS. The number of hydrogen-bond acceptors (Lipinski definition) is 4. The van der Waals surface area contributed by atoms with Gasteiger partial charge in [0.1, 0.15) is 0 Å². The standard InChI is InChI=1S/C28H35N3OS/c1-8-20-9-11-22(12-10-20)29-27-30-26(32)25(33-27)15-21-14-23-19(5)16-28(6,7)31(17(2)3)24(23)13-18(21)4/h9-15,17,19H,8,16H2,1-7H3,(H,29,30,32)/b25-15-. The van der Waals surface area contributed by atoms with E-state index in [0.717, 1.165) is 24.1 Å². The molecule has 4 nitrogen and oxygen atoms in total. The summed E-state index contributed by atoms with van der Waals surface area (Å²) >= 11 is 1.41. The summed E-state index contributed by atoms with van der Waals surface area (Å²) in [6, 6.07) is 13.2. The van der Waals surface area contributed by atoms with Crippen molar-refractivity contribution < 1.29 is 4.79 Å². The first-order valence-electron chi connectivity index (χ1n) is 11.9. The van der Waals surface area contributed by atoms with Crippen LogP contribution in [-0.4, -0.2) is 22.7 Å². The minimum absolute atomic E-state index is 0.0842. The van der Waals surface area contributed by atoms with Gasteiger partial charge in [0.05, 0.1) is 10.6 Å². The average molecular weight is 462 g/mol. The Kier molecular flexibility index (Phi) is 6.45. The summed E-state index contributed by atoms with van der Waals surface area (Å²) in [6.45, 7) is 15.8. The fourth-order valence-corrected chi connectivity index (χ4v) is 6.12. The normalized spacial score (nSPS) is 22.2. The molecule has 2 aliphatic rings. The summed E-state index contributed by atoms with van der Waals surface area (Å²) in [5.74, 6) is 0.384. The van der Waals surface area contributed by atoms with E-state index in [4.69, 9.17) is 0 Å². The van der Waals surface area contributed by atoms with E-state index in [1.807, 2.05) is 18.2 Å². The summed E-state index contributed by atoms with van der Waals surface area (Å²) in [5.41, 5.74) is 7.24. The topological polar surface area (TPSA) is 44.7 Å². The molecule has 33 heavy (non-hydrogen) atoms. The Morgan fingerprint density at radius 2 is 1.94 bits per heavy atom. The zero-order valence-corrected chi connectivity index (χ0v) is 21.6. The number of aliphatic imine (C=N–C) groups is 1. The number of anilines is 1. The van der Waals surface area contributed by atoms with Gasteiger partial charge in [0.2, 0.25) is 0 Å². The lowest BCUT2D eigenvalue weighted by molar-refractivity contribution is -0.115. The lowest BCUT2D eigenvalue weighted by atomic mass is 9.78. The van der Waals surface area contributed by atoms with E-state index >= 15 is 0 Å². The molecule has 1 fully saturated rings. The molecule has 2 aromatic rings. The van der Waals surface area contributed by atoms with Crippen LogP contribution in [0.3, 0.4) is 0 Å². The number of amidine groups is 1. The molecule has 0 aliphatic carbocycles. The number of carbonyl (C=O) groups is 1. The van der Waals surface area contributed by atoms with Crippen molar-refractivity contribution in [2.24, 2.45) is 4.99 Å². The predicted octanol–water partition coefficient (Wildman–Crippen LogP) is 6.95. The van der Waals surface area contributed by atoms with Crippen molar-refractivity contribution in [3.8, 4) is 0 Å². The Labute approximate surface area is 202 Å². The van der Waals surface area contributed by atoms with E-state index in [9.17, 15) is 4.79 Å². The molecule has 0 aromatic heterocycles. The average Bonchev–Trinajstić information content (AvgIpc) is 3.07. The molecule has 0 spiro atoms. The van der Waals surface area contributed by atoms with Crippen LogP contribution in [-0.2, 0) is 11.2 Å². The largest absolute Gasteiger partial charge is 0.364 e. The van der Waals surface area contributed by atoms with E-state index < -0.39 is 0 Å². The SMILES string of the molecule is CCc1ccc(N=C2NC(=O)/C(=C/c3cc4c(cc3C)N(C(C)C)C(C)(C)CC4C)S2)cc1. The van der Waals surface area contributed by atoms with Crippen molar-refractivity contribution in [2.45, 2.75) is 78.8 Å². The summed E-state index contributed by atoms with van der Waals surface area (Å²) in [4.78, 5) is 20.5. The zero-order valence-electron chi connectivity index (χ0n) is 20.8. The number of thioether (sulfide) groups is 1.